The van der Waals surface area contributed by atoms with Crippen molar-refractivity contribution >= 4 is 33.7 Å². The predicted molar refractivity (Wildman–Crippen MR) is 98.3 cm³/mol. The van der Waals surface area contributed by atoms with Crippen LogP contribution in [0, 0.1) is 0 Å². The Labute approximate surface area is 144 Å². The monoisotopic (exact) mass is 342 g/mol. The molecular formula is C18H18N2OS2. The van der Waals surface area contributed by atoms with Crippen LogP contribution >= 0.6 is 22.7 Å². The van der Waals surface area contributed by atoms with Gasteiger partial charge in [-0.1, -0.05) is 44.2 Å². The number of carbonyl (C=O) groups is 1. The molecule has 23 heavy (non-hydrogen) atoms. The van der Waals surface area contributed by atoms with Crippen molar-refractivity contribution in [3.8, 4) is 11.3 Å². The van der Waals surface area contributed by atoms with E-state index in [2.05, 4.69) is 48.4 Å². The summed E-state index contributed by atoms with van der Waals surface area (Å²) in [5.74, 6) is 0.495. The first-order valence-corrected chi connectivity index (χ1v) is 9.26. The van der Waals surface area contributed by atoms with Gasteiger partial charge >= 0.3 is 0 Å². The average molecular weight is 342 g/mol. The minimum atomic E-state index is -0.0245. The van der Waals surface area contributed by atoms with E-state index in [9.17, 15) is 4.79 Å². The zero-order valence-electron chi connectivity index (χ0n) is 13.1. The molecule has 0 bridgehead atoms. The van der Waals surface area contributed by atoms with E-state index in [0.29, 0.717) is 17.5 Å². The lowest BCUT2D eigenvalue weighted by atomic mass is 10.0. The molecule has 0 aliphatic carbocycles. The van der Waals surface area contributed by atoms with E-state index in [1.165, 1.54) is 16.9 Å². The van der Waals surface area contributed by atoms with E-state index in [1.54, 1.807) is 11.3 Å². The van der Waals surface area contributed by atoms with Gasteiger partial charge in [0.15, 0.2) is 5.13 Å². The highest BCUT2D eigenvalue weighted by molar-refractivity contribution is 7.14. The summed E-state index contributed by atoms with van der Waals surface area (Å²) in [5.41, 5.74) is 3.29. The maximum Gasteiger partial charge on any atom is 0.231 e. The standard InChI is InChI=1S/C18H18N2OS2/c1-12(2)13-5-7-14(8-6-13)16-11-23-18(19-16)20-17(21)10-15-4-3-9-22-15/h3-9,11-12H,10H2,1-2H3,(H,19,20,21). The lowest BCUT2D eigenvalue weighted by Crippen LogP contribution is -2.13. The fourth-order valence-corrected chi connectivity index (χ4v) is 3.68. The topological polar surface area (TPSA) is 42.0 Å². The number of carbonyl (C=O) groups excluding carboxylic acids is 1. The molecule has 5 heteroatoms. The van der Waals surface area contributed by atoms with Gasteiger partial charge in [-0.15, -0.1) is 22.7 Å². The minimum Gasteiger partial charge on any atom is -0.302 e. The molecule has 3 aromatic rings. The quantitative estimate of drug-likeness (QED) is 0.694. The van der Waals surface area contributed by atoms with Crippen molar-refractivity contribution in [2.45, 2.75) is 26.2 Å². The molecule has 3 nitrogen and oxygen atoms in total. The van der Waals surface area contributed by atoms with Crippen LogP contribution in [-0.4, -0.2) is 10.9 Å². The van der Waals surface area contributed by atoms with E-state index in [0.717, 1.165) is 16.1 Å². The molecular weight excluding hydrogens is 324 g/mol. The number of hydrogen-bond donors (Lipinski definition) is 1. The maximum atomic E-state index is 12.0. The van der Waals surface area contributed by atoms with Crippen molar-refractivity contribution in [2.75, 3.05) is 5.32 Å². The molecule has 0 aliphatic rings. The lowest BCUT2D eigenvalue weighted by Gasteiger charge is -2.05. The van der Waals surface area contributed by atoms with Gasteiger partial charge in [0.05, 0.1) is 12.1 Å². The molecule has 0 atom stereocenters. The fraction of sp³-hybridized carbons (Fsp3) is 0.222. The lowest BCUT2D eigenvalue weighted by molar-refractivity contribution is -0.115. The highest BCUT2D eigenvalue weighted by Crippen LogP contribution is 2.26. The van der Waals surface area contributed by atoms with Crippen LogP contribution in [0.2, 0.25) is 0 Å². The van der Waals surface area contributed by atoms with Gasteiger partial charge in [-0.25, -0.2) is 4.98 Å². The Kier molecular flexibility index (Phi) is 4.88. The number of benzene rings is 1. The van der Waals surface area contributed by atoms with Crippen LogP contribution in [-0.2, 0) is 11.2 Å². The summed E-state index contributed by atoms with van der Waals surface area (Å²) >= 11 is 3.05. The molecule has 0 spiro atoms. The van der Waals surface area contributed by atoms with Crippen LogP contribution in [0.15, 0.2) is 47.2 Å². The smallest absolute Gasteiger partial charge is 0.231 e. The summed E-state index contributed by atoms with van der Waals surface area (Å²) in [4.78, 5) is 17.6. The van der Waals surface area contributed by atoms with Crippen LogP contribution in [0.4, 0.5) is 5.13 Å². The summed E-state index contributed by atoms with van der Waals surface area (Å²) in [6.45, 7) is 4.36. The van der Waals surface area contributed by atoms with Crippen molar-refractivity contribution in [1.82, 2.24) is 4.98 Å². The molecule has 3 rings (SSSR count). The molecule has 0 radical (unpaired) electrons. The predicted octanol–water partition coefficient (Wildman–Crippen LogP) is 5.18. The molecule has 0 aliphatic heterocycles. The molecule has 1 amide bonds. The van der Waals surface area contributed by atoms with E-state index in [4.69, 9.17) is 0 Å². The molecule has 2 aromatic heterocycles. The van der Waals surface area contributed by atoms with Gasteiger partial charge in [-0.05, 0) is 22.9 Å². The summed E-state index contributed by atoms with van der Waals surface area (Å²) in [5, 5.41) is 7.48. The van der Waals surface area contributed by atoms with Crippen LogP contribution in [0.25, 0.3) is 11.3 Å². The number of hydrogen-bond acceptors (Lipinski definition) is 4. The Morgan fingerprint density at radius 3 is 2.61 bits per heavy atom. The van der Waals surface area contributed by atoms with Gasteiger partial charge in [0.25, 0.3) is 0 Å². The Balaban J connectivity index is 1.66. The molecule has 1 N–H and O–H groups in total. The minimum absolute atomic E-state index is 0.0245. The molecule has 0 saturated heterocycles. The van der Waals surface area contributed by atoms with E-state index >= 15 is 0 Å². The molecule has 0 saturated carbocycles. The van der Waals surface area contributed by atoms with E-state index in [-0.39, 0.29) is 5.91 Å². The molecule has 2 heterocycles. The van der Waals surface area contributed by atoms with Crippen LogP contribution in [0.1, 0.15) is 30.2 Å². The third-order valence-corrected chi connectivity index (χ3v) is 5.17. The largest absolute Gasteiger partial charge is 0.302 e. The summed E-state index contributed by atoms with van der Waals surface area (Å²) in [6.07, 6.45) is 0.398. The highest BCUT2D eigenvalue weighted by Gasteiger charge is 2.09. The van der Waals surface area contributed by atoms with Crippen molar-refractivity contribution < 1.29 is 4.79 Å². The van der Waals surface area contributed by atoms with Crippen molar-refractivity contribution in [2.24, 2.45) is 0 Å². The van der Waals surface area contributed by atoms with E-state index < -0.39 is 0 Å². The molecule has 0 fully saturated rings. The van der Waals surface area contributed by atoms with E-state index in [1.807, 2.05) is 22.9 Å². The second kappa shape index (κ2) is 7.06. The number of nitrogens with one attached hydrogen (secondary N) is 1. The Hall–Kier alpha value is -1.98. The van der Waals surface area contributed by atoms with Gasteiger partial charge in [-0.3, -0.25) is 4.79 Å². The van der Waals surface area contributed by atoms with Crippen LogP contribution < -0.4 is 5.32 Å². The first-order valence-electron chi connectivity index (χ1n) is 7.50. The number of aromatic nitrogens is 1. The average Bonchev–Trinajstić information content (AvgIpc) is 3.19. The highest BCUT2D eigenvalue weighted by atomic mass is 32.1. The first kappa shape index (κ1) is 15.9. The third kappa shape index (κ3) is 4.06. The zero-order valence-corrected chi connectivity index (χ0v) is 14.7. The Morgan fingerprint density at radius 1 is 1.17 bits per heavy atom. The second-order valence-electron chi connectivity index (χ2n) is 5.62. The summed E-state index contributed by atoms with van der Waals surface area (Å²) < 4.78 is 0. The second-order valence-corrected chi connectivity index (χ2v) is 7.51. The van der Waals surface area contributed by atoms with Crippen molar-refractivity contribution in [3.05, 3.63) is 57.6 Å². The maximum absolute atomic E-state index is 12.0. The SMILES string of the molecule is CC(C)c1ccc(-c2csc(NC(=O)Cc3cccs3)n2)cc1. The molecule has 118 valence electrons. The first-order chi connectivity index (χ1) is 11.1. The number of thiophene rings is 1. The number of amides is 1. The number of rotatable bonds is 5. The zero-order chi connectivity index (χ0) is 16.2. The molecule has 0 unspecified atom stereocenters. The molecule has 1 aromatic carbocycles. The van der Waals surface area contributed by atoms with Crippen molar-refractivity contribution in [3.63, 3.8) is 0 Å². The van der Waals surface area contributed by atoms with Gasteiger partial charge in [0, 0.05) is 15.8 Å². The van der Waals surface area contributed by atoms with Crippen LogP contribution in [0.3, 0.4) is 0 Å². The third-order valence-electron chi connectivity index (χ3n) is 3.54. The summed E-state index contributed by atoms with van der Waals surface area (Å²) in [6, 6.07) is 12.4. The number of anilines is 1. The Morgan fingerprint density at radius 2 is 1.96 bits per heavy atom. The van der Waals surface area contributed by atoms with Crippen molar-refractivity contribution in [1.29, 1.82) is 0 Å². The summed E-state index contributed by atoms with van der Waals surface area (Å²) in [7, 11) is 0. The van der Waals surface area contributed by atoms with Gasteiger partial charge < -0.3 is 5.32 Å². The van der Waals surface area contributed by atoms with Crippen LogP contribution in [0.5, 0.6) is 0 Å². The number of nitrogens with zero attached hydrogens (tertiary/aromatic N) is 1. The number of thiazole rings is 1. The van der Waals surface area contributed by atoms with Gasteiger partial charge in [0.1, 0.15) is 0 Å². The fourth-order valence-electron chi connectivity index (χ4n) is 2.24. The Bertz CT molecular complexity index is 774. The van der Waals surface area contributed by atoms with Gasteiger partial charge in [-0.2, -0.15) is 0 Å². The normalized spacial score (nSPS) is 10.9. The van der Waals surface area contributed by atoms with Gasteiger partial charge in [0.2, 0.25) is 5.91 Å².